The minimum atomic E-state index is -0.909. The van der Waals surface area contributed by atoms with Gasteiger partial charge in [0.15, 0.2) is 0 Å². The number of nitrogens with zero attached hydrogens (tertiary/aromatic N) is 1. The molecule has 25 heavy (non-hydrogen) atoms. The summed E-state index contributed by atoms with van der Waals surface area (Å²) in [6, 6.07) is 7.19. The highest BCUT2D eigenvalue weighted by atomic mass is 16.4. The predicted molar refractivity (Wildman–Crippen MR) is 92.0 cm³/mol. The fourth-order valence-corrected chi connectivity index (χ4v) is 4.41. The minimum Gasteiger partial charge on any atom is -0.481 e. The van der Waals surface area contributed by atoms with Gasteiger partial charge in [-0.2, -0.15) is 0 Å². The van der Waals surface area contributed by atoms with Crippen molar-refractivity contribution in [2.24, 2.45) is 23.7 Å². The van der Waals surface area contributed by atoms with Crippen LogP contribution in [0.4, 0.5) is 11.4 Å². The Morgan fingerprint density at radius 1 is 1.16 bits per heavy atom. The number of aliphatic carboxylic acids is 1. The summed E-state index contributed by atoms with van der Waals surface area (Å²) in [5.41, 5.74) is 1.36. The summed E-state index contributed by atoms with van der Waals surface area (Å²) in [7, 11) is 0. The summed E-state index contributed by atoms with van der Waals surface area (Å²) < 4.78 is 0. The second-order valence-electron chi connectivity index (χ2n) is 7.03. The quantitative estimate of drug-likeness (QED) is 0.823. The normalized spacial score (nSPS) is 30.1. The number of benzene rings is 1. The Bertz CT molecular complexity index is 772. The lowest BCUT2D eigenvalue weighted by Gasteiger charge is -2.24. The molecular formula is C19H20N2O4. The molecule has 1 saturated carbocycles. The lowest BCUT2D eigenvalue weighted by Crippen LogP contribution is -2.36. The summed E-state index contributed by atoms with van der Waals surface area (Å²) in [6.45, 7) is 0.689. The van der Waals surface area contributed by atoms with Gasteiger partial charge in [-0.05, 0) is 42.9 Å². The fraction of sp³-hybridized carbons (Fsp3) is 0.421. The van der Waals surface area contributed by atoms with E-state index in [4.69, 9.17) is 0 Å². The zero-order chi connectivity index (χ0) is 17.6. The molecule has 2 aliphatic carbocycles. The molecule has 0 aromatic heterocycles. The van der Waals surface area contributed by atoms with Crippen molar-refractivity contribution in [3.05, 3.63) is 36.4 Å². The smallest absolute Gasteiger partial charge is 0.307 e. The van der Waals surface area contributed by atoms with Crippen molar-refractivity contribution in [3.8, 4) is 0 Å². The second kappa shape index (κ2) is 6.02. The number of rotatable bonds is 4. The van der Waals surface area contributed by atoms with Gasteiger partial charge in [0.2, 0.25) is 11.8 Å². The number of fused-ring (bicyclic) bond motifs is 2. The Labute approximate surface area is 145 Å². The first-order valence-corrected chi connectivity index (χ1v) is 8.67. The van der Waals surface area contributed by atoms with Crippen LogP contribution in [0.2, 0.25) is 0 Å². The van der Waals surface area contributed by atoms with Crippen molar-refractivity contribution < 1.29 is 19.5 Å². The summed E-state index contributed by atoms with van der Waals surface area (Å²) in [4.78, 5) is 37.9. The van der Waals surface area contributed by atoms with Crippen molar-refractivity contribution in [3.63, 3.8) is 0 Å². The van der Waals surface area contributed by atoms with E-state index >= 15 is 0 Å². The van der Waals surface area contributed by atoms with Crippen molar-refractivity contribution in [1.82, 2.24) is 0 Å². The Morgan fingerprint density at radius 2 is 1.92 bits per heavy atom. The molecule has 4 atom stereocenters. The standard InChI is InChI=1S/C19H20N2O4/c22-15-5-2-8-21(15)14-4-1-3-13(10-14)20-18(23)16-11-6-7-12(9-11)17(16)19(24)25/h1,3-4,6-7,10-12,16-17H,2,5,8-9H2,(H,20,23)(H,24,25)/t11-,12-,16-,17+/m0/s1. The average Bonchev–Trinajstić information content (AvgIpc) is 3.29. The highest BCUT2D eigenvalue weighted by Crippen LogP contribution is 2.48. The van der Waals surface area contributed by atoms with Crippen LogP contribution in [0.25, 0.3) is 0 Å². The van der Waals surface area contributed by atoms with Crippen LogP contribution >= 0.6 is 0 Å². The van der Waals surface area contributed by atoms with Gasteiger partial charge in [-0.15, -0.1) is 0 Å². The van der Waals surface area contributed by atoms with E-state index in [1.165, 1.54) is 0 Å². The Balaban J connectivity index is 1.52. The van der Waals surface area contributed by atoms with Crippen molar-refractivity contribution in [1.29, 1.82) is 0 Å². The zero-order valence-electron chi connectivity index (χ0n) is 13.7. The van der Waals surface area contributed by atoms with E-state index in [0.717, 1.165) is 18.5 Å². The van der Waals surface area contributed by atoms with Gasteiger partial charge in [-0.1, -0.05) is 18.2 Å². The molecule has 1 heterocycles. The van der Waals surface area contributed by atoms with Gasteiger partial charge in [0.25, 0.3) is 0 Å². The number of carbonyl (C=O) groups excluding carboxylic acids is 2. The van der Waals surface area contributed by atoms with Crippen LogP contribution in [0.1, 0.15) is 19.3 Å². The maximum atomic E-state index is 12.7. The monoisotopic (exact) mass is 340 g/mol. The number of anilines is 2. The van der Waals surface area contributed by atoms with Gasteiger partial charge >= 0.3 is 5.97 Å². The number of amides is 2. The van der Waals surface area contributed by atoms with E-state index in [1.807, 2.05) is 18.2 Å². The maximum absolute atomic E-state index is 12.7. The van der Waals surface area contributed by atoms with Crippen molar-refractivity contribution >= 4 is 29.2 Å². The number of nitrogens with one attached hydrogen (secondary N) is 1. The van der Waals surface area contributed by atoms with E-state index in [2.05, 4.69) is 5.32 Å². The third kappa shape index (κ3) is 2.71. The number of carboxylic acids is 1. The van der Waals surface area contributed by atoms with Gasteiger partial charge in [-0.3, -0.25) is 14.4 Å². The van der Waals surface area contributed by atoms with Crippen LogP contribution in [0, 0.1) is 23.7 Å². The van der Waals surface area contributed by atoms with Crippen LogP contribution in [-0.2, 0) is 14.4 Å². The molecule has 0 spiro atoms. The first-order chi connectivity index (χ1) is 12.0. The van der Waals surface area contributed by atoms with Crippen molar-refractivity contribution in [2.75, 3.05) is 16.8 Å². The summed E-state index contributed by atoms with van der Waals surface area (Å²) >= 11 is 0. The summed E-state index contributed by atoms with van der Waals surface area (Å²) in [6.07, 6.45) is 6.01. The van der Waals surface area contributed by atoms with E-state index in [0.29, 0.717) is 18.7 Å². The predicted octanol–water partition coefficient (Wildman–Crippen LogP) is 2.27. The van der Waals surface area contributed by atoms with Crippen LogP contribution < -0.4 is 10.2 Å². The van der Waals surface area contributed by atoms with Gasteiger partial charge in [0.05, 0.1) is 11.8 Å². The number of hydrogen-bond acceptors (Lipinski definition) is 3. The van der Waals surface area contributed by atoms with Gasteiger partial charge in [-0.25, -0.2) is 0 Å². The van der Waals surface area contributed by atoms with Crippen LogP contribution in [0.15, 0.2) is 36.4 Å². The molecule has 6 heteroatoms. The van der Waals surface area contributed by atoms with Gasteiger partial charge in [0.1, 0.15) is 0 Å². The van der Waals surface area contributed by atoms with Crippen LogP contribution in [0.3, 0.4) is 0 Å². The minimum absolute atomic E-state index is 0.00515. The largest absolute Gasteiger partial charge is 0.481 e. The average molecular weight is 340 g/mol. The highest BCUT2D eigenvalue weighted by Gasteiger charge is 2.51. The molecule has 2 N–H and O–H groups in total. The van der Waals surface area contributed by atoms with Gasteiger partial charge in [0, 0.05) is 24.3 Å². The molecule has 0 radical (unpaired) electrons. The zero-order valence-corrected chi connectivity index (χ0v) is 13.7. The van der Waals surface area contributed by atoms with Crippen LogP contribution in [-0.4, -0.2) is 29.4 Å². The molecule has 3 aliphatic rings. The molecule has 1 aromatic rings. The molecule has 130 valence electrons. The fourth-order valence-electron chi connectivity index (χ4n) is 4.41. The molecule has 2 fully saturated rings. The number of carbonyl (C=O) groups is 3. The second-order valence-corrected chi connectivity index (χ2v) is 7.03. The highest BCUT2D eigenvalue weighted by molar-refractivity contribution is 5.98. The Kier molecular flexibility index (Phi) is 3.82. The van der Waals surface area contributed by atoms with Crippen molar-refractivity contribution in [2.45, 2.75) is 19.3 Å². The lowest BCUT2D eigenvalue weighted by atomic mass is 9.82. The molecule has 1 saturated heterocycles. The van der Waals surface area contributed by atoms with E-state index in [9.17, 15) is 19.5 Å². The molecule has 2 amide bonds. The Morgan fingerprint density at radius 3 is 2.60 bits per heavy atom. The van der Waals surface area contributed by atoms with Crippen LogP contribution in [0.5, 0.6) is 0 Å². The number of allylic oxidation sites excluding steroid dienone is 2. The van der Waals surface area contributed by atoms with Gasteiger partial charge < -0.3 is 15.3 Å². The summed E-state index contributed by atoms with van der Waals surface area (Å²) in [5.74, 6) is -2.32. The maximum Gasteiger partial charge on any atom is 0.307 e. The molecule has 1 aromatic carbocycles. The first kappa shape index (κ1) is 15.9. The first-order valence-electron chi connectivity index (χ1n) is 8.67. The SMILES string of the molecule is O=C(Nc1cccc(N2CCCC2=O)c1)[C@@H]1[C@H](C(=O)O)[C@H]2C=C[C@H]1C2. The topological polar surface area (TPSA) is 86.7 Å². The third-order valence-electron chi connectivity index (χ3n) is 5.55. The summed E-state index contributed by atoms with van der Waals surface area (Å²) in [5, 5.41) is 12.3. The van der Waals surface area contributed by atoms with E-state index < -0.39 is 17.8 Å². The van der Waals surface area contributed by atoms with E-state index in [-0.39, 0.29) is 23.7 Å². The molecule has 2 bridgehead atoms. The Hall–Kier alpha value is -2.63. The molecule has 0 unspecified atom stereocenters. The molecule has 1 aliphatic heterocycles. The number of hydrogen-bond donors (Lipinski definition) is 2. The molecule has 6 nitrogen and oxygen atoms in total. The molecular weight excluding hydrogens is 320 g/mol. The van der Waals surface area contributed by atoms with E-state index in [1.54, 1.807) is 23.1 Å². The molecule has 4 rings (SSSR count). The third-order valence-corrected chi connectivity index (χ3v) is 5.55. The number of carboxylic acid groups (broad SMARTS) is 1. The lowest BCUT2D eigenvalue weighted by molar-refractivity contribution is -0.146.